The molecule has 0 amide bonds. The Morgan fingerprint density at radius 3 is 2.33 bits per heavy atom. The lowest BCUT2D eigenvalue weighted by Crippen LogP contribution is -2.02. The Morgan fingerprint density at radius 2 is 1.89 bits per heavy atom. The summed E-state index contributed by atoms with van der Waals surface area (Å²) in [6.45, 7) is 3.43. The minimum Gasteiger partial charge on any atom is -0.497 e. The van der Waals surface area contributed by atoms with E-state index in [-0.39, 0.29) is 5.56 Å². The normalized spacial score (nSPS) is 10.4. The number of carboxylic acids is 1. The molecule has 0 fully saturated rings. The van der Waals surface area contributed by atoms with Gasteiger partial charge >= 0.3 is 5.97 Å². The highest BCUT2D eigenvalue weighted by molar-refractivity contribution is 5.90. The Labute approximate surface area is 105 Å². The average Bonchev–Trinajstić information content (AvgIpc) is 2.65. The number of methoxy groups -OCH3 is 1. The predicted molar refractivity (Wildman–Crippen MR) is 66.5 cm³/mol. The van der Waals surface area contributed by atoms with E-state index < -0.39 is 5.97 Å². The molecule has 2 rings (SSSR count). The first-order chi connectivity index (χ1) is 8.54. The maximum atomic E-state index is 11.1. The molecule has 0 aliphatic rings. The van der Waals surface area contributed by atoms with Crippen molar-refractivity contribution in [1.82, 2.24) is 9.78 Å². The molecule has 18 heavy (non-hydrogen) atoms. The van der Waals surface area contributed by atoms with Crippen molar-refractivity contribution in [2.45, 2.75) is 13.8 Å². The van der Waals surface area contributed by atoms with E-state index in [0.29, 0.717) is 11.4 Å². The molecule has 1 N–H and O–H groups in total. The minimum atomic E-state index is -0.954. The van der Waals surface area contributed by atoms with Crippen LogP contribution in [0.25, 0.3) is 5.69 Å². The summed E-state index contributed by atoms with van der Waals surface area (Å²) in [7, 11) is 1.60. The molecule has 94 valence electrons. The SMILES string of the molecule is COc1ccc(-n2nc(C)c(C(=O)O)c2C)cc1. The Morgan fingerprint density at radius 1 is 1.28 bits per heavy atom. The molecule has 1 heterocycles. The molecule has 0 unspecified atom stereocenters. The highest BCUT2D eigenvalue weighted by Crippen LogP contribution is 2.20. The summed E-state index contributed by atoms with van der Waals surface area (Å²) in [5, 5.41) is 13.4. The van der Waals surface area contributed by atoms with Crippen molar-refractivity contribution in [1.29, 1.82) is 0 Å². The maximum absolute atomic E-state index is 11.1. The highest BCUT2D eigenvalue weighted by Gasteiger charge is 2.18. The molecule has 0 saturated carbocycles. The van der Waals surface area contributed by atoms with E-state index in [1.807, 2.05) is 24.3 Å². The molecule has 0 radical (unpaired) electrons. The van der Waals surface area contributed by atoms with Crippen LogP contribution in [0.2, 0.25) is 0 Å². The molecular weight excluding hydrogens is 232 g/mol. The molecule has 1 aromatic carbocycles. The van der Waals surface area contributed by atoms with Crippen LogP contribution in [-0.2, 0) is 0 Å². The van der Waals surface area contributed by atoms with Gasteiger partial charge in [0.1, 0.15) is 11.3 Å². The van der Waals surface area contributed by atoms with Crippen LogP contribution in [0.4, 0.5) is 0 Å². The average molecular weight is 246 g/mol. The van der Waals surface area contributed by atoms with Crippen LogP contribution in [-0.4, -0.2) is 28.0 Å². The molecule has 5 heteroatoms. The van der Waals surface area contributed by atoms with Gasteiger partial charge in [-0.1, -0.05) is 0 Å². The Bertz CT molecular complexity index is 585. The summed E-state index contributed by atoms with van der Waals surface area (Å²) in [4.78, 5) is 11.1. The topological polar surface area (TPSA) is 64.4 Å². The van der Waals surface area contributed by atoms with Crippen molar-refractivity contribution in [3.05, 3.63) is 41.2 Å². The van der Waals surface area contributed by atoms with Crippen LogP contribution < -0.4 is 4.74 Å². The van der Waals surface area contributed by atoms with Gasteiger partial charge in [0.15, 0.2) is 0 Å². The van der Waals surface area contributed by atoms with E-state index in [0.717, 1.165) is 11.4 Å². The summed E-state index contributed by atoms with van der Waals surface area (Å²) in [6, 6.07) is 7.30. The highest BCUT2D eigenvalue weighted by atomic mass is 16.5. The quantitative estimate of drug-likeness (QED) is 0.901. The molecule has 5 nitrogen and oxygen atoms in total. The first kappa shape index (κ1) is 12.2. The fraction of sp³-hybridized carbons (Fsp3) is 0.231. The van der Waals surface area contributed by atoms with Gasteiger partial charge in [0, 0.05) is 0 Å². The number of nitrogens with zero attached hydrogens (tertiary/aromatic N) is 2. The van der Waals surface area contributed by atoms with E-state index in [1.165, 1.54) is 0 Å². The number of aromatic nitrogens is 2. The van der Waals surface area contributed by atoms with Gasteiger partial charge in [-0.3, -0.25) is 0 Å². The fourth-order valence-electron chi connectivity index (χ4n) is 1.93. The molecule has 0 atom stereocenters. The number of ether oxygens (including phenoxy) is 1. The molecule has 0 spiro atoms. The van der Waals surface area contributed by atoms with Crippen molar-refractivity contribution in [2.75, 3.05) is 7.11 Å². The second kappa shape index (κ2) is 4.52. The van der Waals surface area contributed by atoms with Crippen molar-refractivity contribution in [2.24, 2.45) is 0 Å². The molecule has 2 aromatic rings. The predicted octanol–water partition coefficient (Wildman–Crippen LogP) is 2.20. The van der Waals surface area contributed by atoms with Crippen molar-refractivity contribution in [3.63, 3.8) is 0 Å². The van der Waals surface area contributed by atoms with E-state index in [1.54, 1.807) is 25.6 Å². The first-order valence-electron chi connectivity index (χ1n) is 5.48. The number of benzene rings is 1. The number of carbonyl (C=O) groups is 1. The molecule has 0 saturated heterocycles. The minimum absolute atomic E-state index is 0.255. The van der Waals surface area contributed by atoms with Crippen LogP contribution in [0, 0.1) is 13.8 Å². The molecule has 0 aliphatic carbocycles. The van der Waals surface area contributed by atoms with Gasteiger partial charge in [0.05, 0.1) is 24.2 Å². The third-order valence-corrected chi connectivity index (χ3v) is 2.82. The summed E-state index contributed by atoms with van der Waals surface area (Å²) < 4.78 is 6.70. The Hall–Kier alpha value is -2.30. The largest absolute Gasteiger partial charge is 0.497 e. The zero-order valence-electron chi connectivity index (χ0n) is 10.5. The second-order valence-corrected chi connectivity index (χ2v) is 3.96. The number of hydrogen-bond acceptors (Lipinski definition) is 3. The summed E-state index contributed by atoms with van der Waals surface area (Å²) in [5.41, 5.74) is 2.19. The Balaban J connectivity index is 2.50. The lowest BCUT2D eigenvalue weighted by Gasteiger charge is -2.05. The zero-order valence-corrected chi connectivity index (χ0v) is 10.5. The lowest BCUT2D eigenvalue weighted by molar-refractivity contribution is 0.0695. The van der Waals surface area contributed by atoms with Crippen molar-refractivity contribution in [3.8, 4) is 11.4 Å². The first-order valence-corrected chi connectivity index (χ1v) is 5.48. The van der Waals surface area contributed by atoms with Crippen LogP contribution in [0.1, 0.15) is 21.7 Å². The van der Waals surface area contributed by atoms with Gasteiger partial charge in [0.25, 0.3) is 0 Å². The second-order valence-electron chi connectivity index (χ2n) is 3.96. The number of rotatable bonds is 3. The van der Waals surface area contributed by atoms with E-state index >= 15 is 0 Å². The van der Waals surface area contributed by atoms with Gasteiger partial charge in [-0.2, -0.15) is 5.10 Å². The smallest absolute Gasteiger partial charge is 0.339 e. The number of hydrogen-bond donors (Lipinski definition) is 1. The lowest BCUT2D eigenvalue weighted by atomic mass is 10.2. The molecule has 1 aromatic heterocycles. The van der Waals surface area contributed by atoms with E-state index in [2.05, 4.69) is 5.10 Å². The Kier molecular flexibility index (Phi) is 3.06. The zero-order chi connectivity index (χ0) is 13.3. The van der Waals surface area contributed by atoms with Crippen LogP contribution in [0.5, 0.6) is 5.75 Å². The number of aromatic carboxylic acids is 1. The summed E-state index contributed by atoms with van der Waals surface area (Å²) >= 11 is 0. The van der Waals surface area contributed by atoms with Gasteiger partial charge in [0.2, 0.25) is 0 Å². The summed E-state index contributed by atoms with van der Waals surface area (Å²) in [6.07, 6.45) is 0. The van der Waals surface area contributed by atoms with Crippen LogP contribution in [0.3, 0.4) is 0 Å². The van der Waals surface area contributed by atoms with Crippen LogP contribution >= 0.6 is 0 Å². The van der Waals surface area contributed by atoms with E-state index in [9.17, 15) is 4.79 Å². The monoisotopic (exact) mass is 246 g/mol. The van der Waals surface area contributed by atoms with Gasteiger partial charge < -0.3 is 9.84 Å². The molecule has 0 bridgehead atoms. The maximum Gasteiger partial charge on any atom is 0.339 e. The van der Waals surface area contributed by atoms with Crippen LogP contribution in [0.15, 0.2) is 24.3 Å². The third kappa shape index (κ3) is 1.95. The summed E-state index contributed by atoms with van der Waals surface area (Å²) in [5.74, 6) is -0.205. The fourth-order valence-corrected chi connectivity index (χ4v) is 1.93. The van der Waals surface area contributed by atoms with Crippen molar-refractivity contribution < 1.29 is 14.6 Å². The van der Waals surface area contributed by atoms with E-state index in [4.69, 9.17) is 9.84 Å². The third-order valence-electron chi connectivity index (χ3n) is 2.82. The van der Waals surface area contributed by atoms with Crippen molar-refractivity contribution >= 4 is 5.97 Å². The van der Waals surface area contributed by atoms with Gasteiger partial charge in [-0.15, -0.1) is 0 Å². The van der Waals surface area contributed by atoms with Gasteiger partial charge in [-0.25, -0.2) is 9.48 Å². The van der Waals surface area contributed by atoms with Gasteiger partial charge in [-0.05, 0) is 38.1 Å². The number of carboxylic acid groups (broad SMARTS) is 1. The number of aryl methyl sites for hydroxylation is 1. The molecular formula is C13H14N2O3. The standard InChI is InChI=1S/C13H14N2O3/c1-8-12(13(16)17)9(2)15(14-8)10-4-6-11(18-3)7-5-10/h4-7H,1-3H3,(H,16,17). The molecule has 0 aliphatic heterocycles.